The Hall–Kier alpha value is -1.81. The molecule has 0 radical (unpaired) electrons. The minimum atomic E-state index is -0.382. The highest BCUT2D eigenvalue weighted by Crippen LogP contribution is 2.36. The van der Waals surface area contributed by atoms with E-state index in [1.54, 1.807) is 12.1 Å². The number of nitriles is 1. The first kappa shape index (κ1) is 18.5. The molecule has 0 atom stereocenters. The average molecular weight is 350 g/mol. The third kappa shape index (κ3) is 4.38. The summed E-state index contributed by atoms with van der Waals surface area (Å²) in [7, 11) is 0. The molecule has 1 aliphatic rings. The molecule has 1 heterocycles. The van der Waals surface area contributed by atoms with Crippen LogP contribution in [0.5, 0.6) is 0 Å². The Morgan fingerprint density at radius 1 is 1.33 bits per heavy atom. The average Bonchev–Trinajstić information content (AvgIpc) is 2.44. The monoisotopic (exact) mass is 349 g/mol. The highest BCUT2D eigenvalue weighted by Gasteiger charge is 2.45. The van der Waals surface area contributed by atoms with Crippen LogP contribution >= 0.6 is 11.6 Å². The van der Waals surface area contributed by atoms with Gasteiger partial charge in [-0.05, 0) is 58.7 Å². The Kier molecular flexibility index (Phi) is 5.38. The fourth-order valence-corrected chi connectivity index (χ4v) is 3.61. The van der Waals surface area contributed by atoms with E-state index in [0.717, 1.165) is 5.69 Å². The van der Waals surface area contributed by atoms with E-state index in [1.165, 1.54) is 5.06 Å². The number of hydrogen-bond donors (Lipinski definition) is 3. The van der Waals surface area contributed by atoms with Crippen molar-refractivity contribution in [2.75, 3.05) is 5.32 Å². The summed E-state index contributed by atoms with van der Waals surface area (Å²) in [6.07, 6.45) is 3.25. The first-order chi connectivity index (χ1) is 11.1. The molecule has 3 N–H and O–H groups in total. The minimum Gasteiger partial charge on any atom is -0.352 e. The van der Waals surface area contributed by atoms with E-state index < -0.39 is 0 Å². The largest absolute Gasteiger partial charge is 0.352 e. The number of rotatable bonds is 2. The van der Waals surface area contributed by atoms with Gasteiger partial charge in [0.25, 0.3) is 0 Å². The first-order valence-electron chi connectivity index (χ1n) is 7.89. The summed E-state index contributed by atoms with van der Waals surface area (Å²) in [4.78, 5) is 3.84. The van der Waals surface area contributed by atoms with Gasteiger partial charge in [-0.15, -0.1) is 4.99 Å². The fourth-order valence-electron chi connectivity index (χ4n) is 3.42. The summed E-state index contributed by atoms with van der Waals surface area (Å²) in [6, 6.07) is 7.29. The van der Waals surface area contributed by atoms with Gasteiger partial charge in [0.15, 0.2) is 0 Å². The molecule has 1 aromatic carbocycles. The van der Waals surface area contributed by atoms with Gasteiger partial charge in [-0.25, -0.2) is 0 Å². The highest BCUT2D eigenvalue weighted by atomic mass is 35.5. The third-order valence-corrected chi connectivity index (χ3v) is 4.46. The van der Waals surface area contributed by atoms with Crippen LogP contribution in [0.25, 0.3) is 0 Å². The van der Waals surface area contributed by atoms with Crippen molar-refractivity contribution in [3.63, 3.8) is 0 Å². The molecule has 1 saturated heterocycles. The van der Waals surface area contributed by atoms with Gasteiger partial charge in [0.1, 0.15) is 0 Å². The Bertz CT molecular complexity index is 647. The molecule has 0 unspecified atom stereocenters. The van der Waals surface area contributed by atoms with Gasteiger partial charge in [-0.3, -0.25) is 0 Å². The molecule has 130 valence electrons. The molecule has 0 bridgehead atoms. The lowest BCUT2D eigenvalue weighted by molar-refractivity contribution is -0.245. The zero-order chi connectivity index (χ0) is 18.0. The number of nitrogens with zero attached hydrogens (tertiary/aromatic N) is 3. The SMILES string of the molecule is CC1(C)CC(N/C(=N/C#N)Nc2cccc(Cl)c2)CC(C)(C)N1O. The lowest BCUT2D eigenvalue weighted by Gasteiger charge is -2.51. The highest BCUT2D eigenvalue weighted by molar-refractivity contribution is 6.30. The van der Waals surface area contributed by atoms with Crippen LogP contribution in [-0.2, 0) is 0 Å². The van der Waals surface area contributed by atoms with E-state index in [9.17, 15) is 5.21 Å². The minimum absolute atomic E-state index is 0.0668. The van der Waals surface area contributed by atoms with Gasteiger partial charge in [0.05, 0.1) is 0 Å². The lowest BCUT2D eigenvalue weighted by atomic mass is 9.79. The van der Waals surface area contributed by atoms with Crippen molar-refractivity contribution in [3.8, 4) is 6.19 Å². The normalized spacial score (nSPS) is 21.1. The number of benzene rings is 1. The quantitative estimate of drug-likeness (QED) is 0.431. The maximum absolute atomic E-state index is 10.4. The van der Waals surface area contributed by atoms with Crippen molar-refractivity contribution >= 4 is 23.2 Å². The lowest BCUT2D eigenvalue weighted by Crippen LogP contribution is -2.63. The Morgan fingerprint density at radius 2 is 1.96 bits per heavy atom. The van der Waals surface area contributed by atoms with Crippen molar-refractivity contribution < 1.29 is 5.21 Å². The molecule has 0 spiro atoms. The molecular weight excluding hydrogens is 326 g/mol. The maximum atomic E-state index is 10.4. The molecule has 1 fully saturated rings. The van der Waals surface area contributed by atoms with Crippen molar-refractivity contribution in [2.45, 2.75) is 57.7 Å². The second-order valence-electron chi connectivity index (χ2n) is 7.38. The topological polar surface area (TPSA) is 83.7 Å². The van der Waals surface area contributed by atoms with Crippen molar-refractivity contribution in [1.82, 2.24) is 10.4 Å². The van der Waals surface area contributed by atoms with Gasteiger partial charge < -0.3 is 15.8 Å². The molecule has 0 aromatic heterocycles. The van der Waals surface area contributed by atoms with E-state index >= 15 is 0 Å². The molecule has 6 nitrogen and oxygen atoms in total. The predicted octanol–water partition coefficient (Wildman–Crippen LogP) is 3.59. The first-order valence-corrected chi connectivity index (χ1v) is 8.27. The summed E-state index contributed by atoms with van der Waals surface area (Å²) in [6.45, 7) is 7.98. The zero-order valence-electron chi connectivity index (χ0n) is 14.5. The summed E-state index contributed by atoms with van der Waals surface area (Å²) in [5.41, 5.74) is -0.0115. The van der Waals surface area contributed by atoms with Gasteiger partial charge in [-0.1, -0.05) is 17.7 Å². The van der Waals surface area contributed by atoms with Crippen LogP contribution in [0.3, 0.4) is 0 Å². The number of nitrogens with one attached hydrogen (secondary N) is 2. The number of piperidine rings is 1. The van der Waals surface area contributed by atoms with Gasteiger partial charge in [-0.2, -0.15) is 10.3 Å². The van der Waals surface area contributed by atoms with Crippen LogP contribution in [0.4, 0.5) is 5.69 Å². The summed E-state index contributed by atoms with van der Waals surface area (Å²) in [5.74, 6) is 0.378. The molecule has 1 aromatic rings. The van der Waals surface area contributed by atoms with E-state index in [2.05, 4.69) is 15.6 Å². The predicted molar refractivity (Wildman–Crippen MR) is 96.1 cm³/mol. The van der Waals surface area contributed by atoms with Crippen LogP contribution in [-0.4, -0.2) is 33.3 Å². The van der Waals surface area contributed by atoms with E-state index in [-0.39, 0.29) is 17.1 Å². The van der Waals surface area contributed by atoms with Gasteiger partial charge in [0.2, 0.25) is 12.2 Å². The maximum Gasteiger partial charge on any atom is 0.211 e. The number of anilines is 1. The van der Waals surface area contributed by atoms with Crippen LogP contribution in [0, 0.1) is 11.5 Å². The second-order valence-corrected chi connectivity index (χ2v) is 7.82. The standard InChI is InChI=1S/C17H24ClN5O/c1-16(2)9-14(10-17(3,4)23(16)24)22-15(20-11-19)21-13-7-5-6-12(18)8-13/h5-8,14,24H,9-10H2,1-4H3,(H2,20,21,22). The van der Waals surface area contributed by atoms with Crippen LogP contribution in [0.2, 0.25) is 5.02 Å². The van der Waals surface area contributed by atoms with Crippen molar-refractivity contribution in [3.05, 3.63) is 29.3 Å². The molecule has 7 heteroatoms. The van der Waals surface area contributed by atoms with Gasteiger partial charge >= 0.3 is 0 Å². The van der Waals surface area contributed by atoms with Crippen LogP contribution in [0.15, 0.2) is 29.3 Å². The molecule has 2 rings (SSSR count). The second kappa shape index (κ2) is 6.98. The molecule has 0 aliphatic carbocycles. The Labute approximate surface area is 148 Å². The molecule has 0 amide bonds. The van der Waals surface area contributed by atoms with Crippen LogP contribution < -0.4 is 10.6 Å². The third-order valence-electron chi connectivity index (χ3n) is 4.23. The smallest absolute Gasteiger partial charge is 0.211 e. The summed E-state index contributed by atoms with van der Waals surface area (Å²) >= 11 is 5.99. The van der Waals surface area contributed by atoms with Crippen LogP contribution in [0.1, 0.15) is 40.5 Å². The summed E-state index contributed by atoms with van der Waals surface area (Å²) < 4.78 is 0. The van der Waals surface area contributed by atoms with Crippen molar-refractivity contribution in [1.29, 1.82) is 5.26 Å². The number of hydrogen-bond acceptors (Lipinski definition) is 4. The Balaban J connectivity index is 2.14. The molecular formula is C17H24ClN5O. The number of guanidine groups is 1. The van der Waals surface area contributed by atoms with Gasteiger partial charge in [0, 0.05) is 27.8 Å². The zero-order valence-corrected chi connectivity index (χ0v) is 15.2. The summed E-state index contributed by atoms with van der Waals surface area (Å²) in [5, 5.41) is 27.7. The molecule has 24 heavy (non-hydrogen) atoms. The number of aliphatic imine (C=N–C) groups is 1. The molecule has 0 saturated carbocycles. The van der Waals surface area contributed by atoms with E-state index in [1.807, 2.05) is 46.0 Å². The van der Waals surface area contributed by atoms with E-state index in [4.69, 9.17) is 16.9 Å². The molecule has 1 aliphatic heterocycles. The van der Waals surface area contributed by atoms with E-state index in [0.29, 0.717) is 23.8 Å². The van der Waals surface area contributed by atoms with Crippen molar-refractivity contribution in [2.24, 2.45) is 4.99 Å². The number of hydroxylamine groups is 2. The fraction of sp³-hybridized carbons (Fsp3) is 0.529. The Morgan fingerprint density at radius 3 is 2.50 bits per heavy atom. The number of halogens is 1.